The highest BCUT2D eigenvalue weighted by Gasteiger charge is 2.38. The number of nitrogens with one attached hydrogen (secondary N) is 1. The topological polar surface area (TPSA) is 58.6 Å². The van der Waals surface area contributed by atoms with Crippen molar-refractivity contribution in [3.05, 3.63) is 29.8 Å². The highest BCUT2D eigenvalue weighted by molar-refractivity contribution is 5.85. The molecule has 0 aliphatic heterocycles. The molecule has 1 aromatic carbocycles. The Kier molecular flexibility index (Phi) is 4.43. The van der Waals surface area contributed by atoms with Gasteiger partial charge >= 0.3 is 0 Å². The molecule has 1 aromatic rings. The number of rotatable bonds is 5. The first-order valence-corrected chi connectivity index (χ1v) is 6.78. The van der Waals surface area contributed by atoms with Gasteiger partial charge in [0.05, 0.1) is 7.11 Å². The fourth-order valence-electron chi connectivity index (χ4n) is 2.50. The zero-order valence-corrected chi connectivity index (χ0v) is 11.3. The summed E-state index contributed by atoms with van der Waals surface area (Å²) in [5.74, 6) is 0.589. The molecule has 1 saturated carbocycles. The van der Waals surface area contributed by atoms with E-state index in [1.165, 1.54) is 0 Å². The van der Waals surface area contributed by atoms with E-state index in [9.17, 15) is 9.90 Å². The second kappa shape index (κ2) is 6.06. The normalized spacial score (nSPS) is 17.2. The van der Waals surface area contributed by atoms with E-state index in [1.54, 1.807) is 7.11 Å². The minimum atomic E-state index is -1.13. The maximum absolute atomic E-state index is 11.9. The Morgan fingerprint density at radius 1 is 1.42 bits per heavy atom. The summed E-state index contributed by atoms with van der Waals surface area (Å²) in [6.07, 6.45) is 3.76. The molecular weight excluding hydrogens is 242 g/mol. The molecule has 2 rings (SSSR count). The lowest BCUT2D eigenvalue weighted by Crippen LogP contribution is -2.45. The molecule has 0 bridgehead atoms. The van der Waals surface area contributed by atoms with Crippen molar-refractivity contribution in [2.75, 3.05) is 13.7 Å². The molecule has 0 spiro atoms. The van der Waals surface area contributed by atoms with Crippen LogP contribution >= 0.6 is 0 Å². The number of ether oxygens (including phenoxy) is 1. The van der Waals surface area contributed by atoms with Crippen LogP contribution in [-0.4, -0.2) is 30.3 Å². The van der Waals surface area contributed by atoms with Gasteiger partial charge in [-0.25, -0.2) is 0 Å². The van der Waals surface area contributed by atoms with Crippen LogP contribution < -0.4 is 10.1 Å². The number of amides is 1. The Balaban J connectivity index is 1.81. The number of benzene rings is 1. The first-order chi connectivity index (χ1) is 9.14. The maximum Gasteiger partial charge on any atom is 0.251 e. The molecule has 0 aromatic heterocycles. The quantitative estimate of drug-likeness (QED) is 0.849. The van der Waals surface area contributed by atoms with Gasteiger partial charge in [-0.1, -0.05) is 12.1 Å². The molecule has 1 fully saturated rings. The van der Waals surface area contributed by atoms with E-state index < -0.39 is 5.60 Å². The molecule has 1 amide bonds. The molecule has 104 valence electrons. The van der Waals surface area contributed by atoms with E-state index in [4.69, 9.17) is 4.74 Å². The number of carbonyl (C=O) groups excluding carboxylic acids is 1. The maximum atomic E-state index is 11.9. The van der Waals surface area contributed by atoms with Gasteiger partial charge in [0.1, 0.15) is 11.4 Å². The van der Waals surface area contributed by atoms with Gasteiger partial charge in [-0.2, -0.15) is 0 Å². The molecular formula is C15H21NO3. The van der Waals surface area contributed by atoms with Gasteiger partial charge in [0, 0.05) is 6.54 Å². The number of aliphatic hydroxyl groups is 1. The predicted octanol–water partition coefficient (Wildman–Crippen LogP) is 1.66. The second-order valence-electron chi connectivity index (χ2n) is 5.10. The third kappa shape index (κ3) is 3.47. The molecule has 2 N–H and O–H groups in total. The summed E-state index contributed by atoms with van der Waals surface area (Å²) in [7, 11) is 1.64. The van der Waals surface area contributed by atoms with Gasteiger partial charge in [-0.15, -0.1) is 0 Å². The van der Waals surface area contributed by atoms with Crippen molar-refractivity contribution < 1.29 is 14.6 Å². The standard InChI is InChI=1S/C15H21NO3/c1-19-13-6-4-5-12(11-13)7-10-16-14(17)15(18)8-2-3-9-15/h4-6,11,18H,2-3,7-10H2,1H3,(H,16,17). The number of hydrogen-bond donors (Lipinski definition) is 2. The highest BCUT2D eigenvalue weighted by atomic mass is 16.5. The van der Waals surface area contributed by atoms with Crippen LogP contribution in [0.1, 0.15) is 31.2 Å². The number of hydrogen-bond acceptors (Lipinski definition) is 3. The summed E-state index contributed by atoms with van der Waals surface area (Å²) in [4.78, 5) is 11.9. The molecule has 1 aliphatic rings. The lowest BCUT2D eigenvalue weighted by molar-refractivity contribution is -0.139. The van der Waals surface area contributed by atoms with Crippen molar-refractivity contribution in [3.8, 4) is 5.75 Å². The van der Waals surface area contributed by atoms with Gasteiger partial charge in [0.25, 0.3) is 5.91 Å². The van der Waals surface area contributed by atoms with Gasteiger partial charge in [-0.3, -0.25) is 4.79 Å². The Morgan fingerprint density at radius 2 is 2.16 bits per heavy atom. The van der Waals surface area contributed by atoms with E-state index in [-0.39, 0.29) is 5.91 Å². The van der Waals surface area contributed by atoms with E-state index >= 15 is 0 Å². The van der Waals surface area contributed by atoms with Crippen LogP contribution in [0.5, 0.6) is 5.75 Å². The Labute approximate surface area is 113 Å². The van der Waals surface area contributed by atoms with E-state index in [1.807, 2.05) is 24.3 Å². The fourth-order valence-corrected chi connectivity index (χ4v) is 2.50. The molecule has 19 heavy (non-hydrogen) atoms. The summed E-state index contributed by atoms with van der Waals surface area (Å²) >= 11 is 0. The summed E-state index contributed by atoms with van der Waals surface area (Å²) in [6, 6.07) is 7.78. The molecule has 0 unspecified atom stereocenters. The zero-order valence-electron chi connectivity index (χ0n) is 11.3. The average Bonchev–Trinajstić information content (AvgIpc) is 2.87. The molecule has 4 heteroatoms. The SMILES string of the molecule is COc1cccc(CCNC(=O)C2(O)CCCC2)c1. The highest BCUT2D eigenvalue weighted by Crippen LogP contribution is 2.29. The number of carbonyl (C=O) groups is 1. The molecule has 0 atom stereocenters. The molecule has 0 heterocycles. The van der Waals surface area contributed by atoms with Crippen LogP contribution in [0.15, 0.2) is 24.3 Å². The first kappa shape index (κ1) is 13.9. The Bertz CT molecular complexity index is 439. The van der Waals surface area contributed by atoms with Crippen molar-refractivity contribution in [2.24, 2.45) is 0 Å². The summed E-state index contributed by atoms with van der Waals surface area (Å²) in [5.41, 5.74) is -0.0213. The summed E-state index contributed by atoms with van der Waals surface area (Å²) < 4.78 is 5.15. The van der Waals surface area contributed by atoms with Crippen molar-refractivity contribution in [1.29, 1.82) is 0 Å². The van der Waals surface area contributed by atoms with Gasteiger partial charge < -0.3 is 15.2 Å². The van der Waals surface area contributed by atoms with Gasteiger partial charge in [0.2, 0.25) is 0 Å². The Hall–Kier alpha value is -1.55. The summed E-state index contributed by atoms with van der Waals surface area (Å²) in [5, 5.41) is 12.9. The van der Waals surface area contributed by atoms with Crippen LogP contribution in [-0.2, 0) is 11.2 Å². The Morgan fingerprint density at radius 3 is 2.84 bits per heavy atom. The van der Waals surface area contributed by atoms with E-state index in [0.717, 1.165) is 30.6 Å². The molecule has 1 aliphatic carbocycles. The first-order valence-electron chi connectivity index (χ1n) is 6.78. The van der Waals surface area contributed by atoms with Crippen LogP contribution in [0.25, 0.3) is 0 Å². The third-order valence-electron chi connectivity index (χ3n) is 3.69. The van der Waals surface area contributed by atoms with E-state index in [2.05, 4.69) is 5.32 Å². The minimum absolute atomic E-state index is 0.229. The predicted molar refractivity (Wildman–Crippen MR) is 73.1 cm³/mol. The molecule has 0 radical (unpaired) electrons. The lowest BCUT2D eigenvalue weighted by Gasteiger charge is -2.20. The van der Waals surface area contributed by atoms with Crippen molar-refractivity contribution in [3.63, 3.8) is 0 Å². The molecule has 0 saturated heterocycles. The van der Waals surface area contributed by atoms with Crippen LogP contribution in [0.3, 0.4) is 0 Å². The van der Waals surface area contributed by atoms with Crippen molar-refractivity contribution in [2.45, 2.75) is 37.7 Å². The third-order valence-corrected chi connectivity index (χ3v) is 3.69. The van der Waals surface area contributed by atoms with Crippen molar-refractivity contribution >= 4 is 5.91 Å². The average molecular weight is 263 g/mol. The van der Waals surface area contributed by atoms with Crippen molar-refractivity contribution in [1.82, 2.24) is 5.32 Å². The van der Waals surface area contributed by atoms with Gasteiger partial charge in [0.15, 0.2) is 0 Å². The largest absolute Gasteiger partial charge is 0.497 e. The minimum Gasteiger partial charge on any atom is -0.497 e. The van der Waals surface area contributed by atoms with E-state index in [0.29, 0.717) is 19.4 Å². The second-order valence-corrected chi connectivity index (χ2v) is 5.10. The molecule has 4 nitrogen and oxygen atoms in total. The van der Waals surface area contributed by atoms with Crippen LogP contribution in [0.2, 0.25) is 0 Å². The monoisotopic (exact) mass is 263 g/mol. The van der Waals surface area contributed by atoms with Crippen LogP contribution in [0.4, 0.5) is 0 Å². The fraction of sp³-hybridized carbons (Fsp3) is 0.533. The zero-order chi connectivity index (χ0) is 13.7. The summed E-state index contributed by atoms with van der Waals surface area (Å²) in [6.45, 7) is 0.536. The van der Waals surface area contributed by atoms with Crippen LogP contribution in [0, 0.1) is 0 Å². The van der Waals surface area contributed by atoms with Gasteiger partial charge in [-0.05, 0) is 49.8 Å². The number of methoxy groups -OCH3 is 1. The smallest absolute Gasteiger partial charge is 0.251 e. The lowest BCUT2D eigenvalue weighted by atomic mass is 10.0.